The van der Waals surface area contributed by atoms with Crippen molar-refractivity contribution in [2.24, 2.45) is 10.8 Å². The van der Waals surface area contributed by atoms with E-state index in [1.54, 1.807) is 13.3 Å². The SMILES string of the molecule is COc1ccc(C(=Nc2ccc(N3CCOCC3)nc2)NN)c(C(C)C)c1. The summed E-state index contributed by atoms with van der Waals surface area (Å²) in [6, 6.07) is 9.84. The average molecular weight is 369 g/mol. The first-order valence-corrected chi connectivity index (χ1v) is 9.14. The molecule has 1 aliphatic heterocycles. The van der Waals surface area contributed by atoms with Crippen LogP contribution in [-0.4, -0.2) is 44.2 Å². The van der Waals surface area contributed by atoms with Crippen molar-refractivity contribution >= 4 is 17.3 Å². The molecule has 0 unspecified atom stereocenters. The maximum absolute atomic E-state index is 5.78. The summed E-state index contributed by atoms with van der Waals surface area (Å²) in [7, 11) is 1.66. The molecule has 2 aromatic rings. The number of rotatable bonds is 5. The van der Waals surface area contributed by atoms with Gasteiger partial charge in [0.1, 0.15) is 17.4 Å². The monoisotopic (exact) mass is 369 g/mol. The molecule has 7 heteroatoms. The molecule has 0 radical (unpaired) electrons. The molecule has 0 bridgehead atoms. The first-order chi connectivity index (χ1) is 13.1. The number of aliphatic imine (C=N–C) groups is 1. The molecule has 1 aliphatic rings. The number of morpholine rings is 1. The number of hydrazine groups is 1. The van der Waals surface area contributed by atoms with Crippen molar-refractivity contribution in [3.8, 4) is 5.75 Å². The van der Waals surface area contributed by atoms with E-state index in [1.807, 2.05) is 30.3 Å². The van der Waals surface area contributed by atoms with Gasteiger partial charge in [0.05, 0.1) is 32.2 Å². The number of anilines is 1. The third-order valence-corrected chi connectivity index (χ3v) is 4.58. The van der Waals surface area contributed by atoms with Crippen molar-refractivity contribution < 1.29 is 9.47 Å². The van der Waals surface area contributed by atoms with Crippen LogP contribution in [0.25, 0.3) is 0 Å². The first kappa shape index (κ1) is 19.1. The highest BCUT2D eigenvalue weighted by molar-refractivity contribution is 6.01. The fourth-order valence-electron chi connectivity index (χ4n) is 3.08. The minimum atomic E-state index is 0.301. The van der Waals surface area contributed by atoms with Gasteiger partial charge in [-0.3, -0.25) is 0 Å². The van der Waals surface area contributed by atoms with E-state index in [-0.39, 0.29) is 0 Å². The number of pyridine rings is 1. The van der Waals surface area contributed by atoms with Gasteiger partial charge in [-0.05, 0) is 41.8 Å². The van der Waals surface area contributed by atoms with Crippen LogP contribution in [0.3, 0.4) is 0 Å². The number of nitrogens with one attached hydrogen (secondary N) is 1. The molecular weight excluding hydrogens is 342 g/mol. The van der Waals surface area contributed by atoms with Crippen LogP contribution in [0.4, 0.5) is 11.5 Å². The van der Waals surface area contributed by atoms with Crippen LogP contribution >= 0.6 is 0 Å². The highest BCUT2D eigenvalue weighted by atomic mass is 16.5. The molecule has 1 aromatic heterocycles. The third kappa shape index (κ3) is 4.56. The number of aromatic nitrogens is 1. The third-order valence-electron chi connectivity index (χ3n) is 4.58. The molecule has 1 fully saturated rings. The van der Waals surface area contributed by atoms with E-state index in [9.17, 15) is 0 Å². The lowest BCUT2D eigenvalue weighted by molar-refractivity contribution is 0.122. The fraction of sp³-hybridized carbons (Fsp3) is 0.400. The molecule has 0 atom stereocenters. The summed E-state index contributed by atoms with van der Waals surface area (Å²) >= 11 is 0. The predicted octanol–water partition coefficient (Wildman–Crippen LogP) is 2.59. The lowest BCUT2D eigenvalue weighted by Crippen LogP contribution is -2.36. The summed E-state index contributed by atoms with van der Waals surface area (Å²) in [5, 5.41) is 0. The summed E-state index contributed by atoms with van der Waals surface area (Å²) in [5.41, 5.74) is 5.54. The minimum absolute atomic E-state index is 0.301. The van der Waals surface area contributed by atoms with Crippen LogP contribution in [0.1, 0.15) is 30.9 Å². The molecule has 1 aromatic carbocycles. The highest BCUT2D eigenvalue weighted by Gasteiger charge is 2.14. The number of hydrogen-bond acceptors (Lipinski definition) is 6. The molecule has 2 heterocycles. The Morgan fingerprint density at radius 3 is 2.63 bits per heavy atom. The fourth-order valence-corrected chi connectivity index (χ4v) is 3.08. The van der Waals surface area contributed by atoms with E-state index in [1.165, 1.54) is 0 Å². The molecule has 3 rings (SSSR count). The Hall–Kier alpha value is -2.64. The van der Waals surface area contributed by atoms with Gasteiger partial charge >= 0.3 is 0 Å². The number of benzene rings is 1. The standard InChI is InChI=1S/C20H27N5O2/c1-14(2)18-12-16(26-3)5-6-17(18)20(24-21)23-15-4-7-19(22-13-15)25-8-10-27-11-9-25/h4-7,12-14H,8-11,21H2,1-3H3,(H,23,24). The molecule has 3 N–H and O–H groups in total. The van der Waals surface area contributed by atoms with Gasteiger partial charge in [-0.1, -0.05) is 13.8 Å². The Morgan fingerprint density at radius 2 is 2.04 bits per heavy atom. The number of amidine groups is 1. The van der Waals surface area contributed by atoms with Gasteiger partial charge in [-0.2, -0.15) is 0 Å². The first-order valence-electron chi connectivity index (χ1n) is 9.14. The van der Waals surface area contributed by atoms with Gasteiger partial charge in [0.25, 0.3) is 0 Å². The van der Waals surface area contributed by atoms with Crippen molar-refractivity contribution in [3.05, 3.63) is 47.7 Å². The number of hydrogen-bond donors (Lipinski definition) is 2. The van der Waals surface area contributed by atoms with Gasteiger partial charge < -0.3 is 19.8 Å². The van der Waals surface area contributed by atoms with Crippen LogP contribution in [0.15, 0.2) is 41.5 Å². The second kappa shape index (κ2) is 8.83. The Labute approximate surface area is 160 Å². The van der Waals surface area contributed by atoms with Gasteiger partial charge in [0.15, 0.2) is 0 Å². The molecule has 27 heavy (non-hydrogen) atoms. The smallest absolute Gasteiger partial charge is 0.148 e. The summed E-state index contributed by atoms with van der Waals surface area (Å²) in [6.07, 6.45) is 1.76. The maximum atomic E-state index is 5.78. The molecule has 0 aliphatic carbocycles. The molecule has 0 spiro atoms. The van der Waals surface area contributed by atoms with Crippen LogP contribution in [-0.2, 0) is 4.74 Å². The molecule has 7 nitrogen and oxygen atoms in total. The van der Waals surface area contributed by atoms with Gasteiger partial charge in [0, 0.05) is 18.7 Å². The largest absolute Gasteiger partial charge is 0.497 e. The predicted molar refractivity (Wildman–Crippen MR) is 108 cm³/mol. The lowest BCUT2D eigenvalue weighted by atomic mass is 9.96. The van der Waals surface area contributed by atoms with E-state index >= 15 is 0 Å². The zero-order chi connectivity index (χ0) is 19.2. The summed E-state index contributed by atoms with van der Waals surface area (Å²) in [6.45, 7) is 7.44. The number of methoxy groups -OCH3 is 1. The normalized spacial score (nSPS) is 15.1. The van der Waals surface area contributed by atoms with Crippen LogP contribution < -0.4 is 20.9 Å². The topological polar surface area (TPSA) is 85.0 Å². The van der Waals surface area contributed by atoms with Crippen molar-refractivity contribution in [2.75, 3.05) is 38.3 Å². The van der Waals surface area contributed by atoms with Crippen LogP contribution in [0.5, 0.6) is 5.75 Å². The Morgan fingerprint density at radius 1 is 1.26 bits per heavy atom. The van der Waals surface area contributed by atoms with E-state index in [0.29, 0.717) is 11.8 Å². The van der Waals surface area contributed by atoms with Crippen molar-refractivity contribution in [3.63, 3.8) is 0 Å². The van der Waals surface area contributed by atoms with Gasteiger partial charge in [0.2, 0.25) is 0 Å². The number of nitrogens with two attached hydrogens (primary N) is 1. The average Bonchev–Trinajstić information content (AvgIpc) is 2.72. The number of ether oxygens (including phenoxy) is 2. The zero-order valence-corrected chi connectivity index (χ0v) is 16.1. The summed E-state index contributed by atoms with van der Waals surface area (Å²) in [4.78, 5) is 11.4. The van der Waals surface area contributed by atoms with E-state index in [0.717, 1.165) is 54.7 Å². The quantitative estimate of drug-likeness (QED) is 0.365. The molecule has 0 amide bonds. The Bertz CT molecular complexity index is 783. The lowest BCUT2D eigenvalue weighted by Gasteiger charge is -2.27. The number of nitrogens with zero attached hydrogens (tertiary/aromatic N) is 3. The second-order valence-electron chi connectivity index (χ2n) is 6.69. The van der Waals surface area contributed by atoms with Crippen molar-refractivity contribution in [1.29, 1.82) is 0 Å². The Balaban J connectivity index is 1.88. The summed E-state index contributed by atoms with van der Waals surface area (Å²) < 4.78 is 10.7. The van der Waals surface area contributed by atoms with Gasteiger partial charge in [-0.15, -0.1) is 0 Å². The molecule has 0 saturated carbocycles. The maximum Gasteiger partial charge on any atom is 0.148 e. The van der Waals surface area contributed by atoms with E-state index in [2.05, 4.69) is 34.1 Å². The second-order valence-corrected chi connectivity index (χ2v) is 6.69. The zero-order valence-electron chi connectivity index (χ0n) is 16.1. The summed E-state index contributed by atoms with van der Waals surface area (Å²) in [5.74, 6) is 8.44. The Kier molecular flexibility index (Phi) is 6.26. The van der Waals surface area contributed by atoms with Crippen LogP contribution in [0, 0.1) is 0 Å². The van der Waals surface area contributed by atoms with Crippen LogP contribution in [0.2, 0.25) is 0 Å². The molecular formula is C20H27N5O2. The molecule has 144 valence electrons. The van der Waals surface area contributed by atoms with Crippen molar-refractivity contribution in [2.45, 2.75) is 19.8 Å². The minimum Gasteiger partial charge on any atom is -0.497 e. The van der Waals surface area contributed by atoms with Gasteiger partial charge in [-0.25, -0.2) is 15.8 Å². The van der Waals surface area contributed by atoms with E-state index < -0.39 is 0 Å². The molecule has 1 saturated heterocycles. The van der Waals surface area contributed by atoms with Crippen molar-refractivity contribution in [1.82, 2.24) is 10.4 Å². The van der Waals surface area contributed by atoms with E-state index in [4.69, 9.17) is 15.3 Å². The highest BCUT2D eigenvalue weighted by Crippen LogP contribution is 2.26.